The Morgan fingerprint density at radius 1 is 1.48 bits per heavy atom. The maximum Gasteiger partial charge on any atom is 0.193 e. The summed E-state index contributed by atoms with van der Waals surface area (Å²) in [6.07, 6.45) is 4.01. The quantitative estimate of drug-likeness (QED) is 0.241. The van der Waals surface area contributed by atoms with Crippen molar-refractivity contribution >= 4 is 29.9 Å². The third-order valence-corrected chi connectivity index (χ3v) is 2.92. The summed E-state index contributed by atoms with van der Waals surface area (Å²) in [7, 11) is 2.03. The molecule has 1 aromatic carbocycles. The number of benzene rings is 1. The molecule has 21 heavy (non-hydrogen) atoms. The largest absolute Gasteiger partial charge is 0.508 e. The topological polar surface area (TPSA) is 47.9 Å². The van der Waals surface area contributed by atoms with Crippen LogP contribution in [-0.2, 0) is 6.54 Å². The number of aromatic hydroxyl groups is 1. The second kappa shape index (κ2) is 11.4. The number of hydrogen-bond acceptors (Lipinski definition) is 2. The molecule has 0 amide bonds. The molecule has 0 aromatic heterocycles. The van der Waals surface area contributed by atoms with Gasteiger partial charge in [-0.3, -0.25) is 0 Å². The van der Waals surface area contributed by atoms with Crippen molar-refractivity contribution in [3.63, 3.8) is 0 Å². The van der Waals surface area contributed by atoms with Gasteiger partial charge in [0.05, 0.1) is 6.54 Å². The van der Waals surface area contributed by atoms with Gasteiger partial charge in [-0.05, 0) is 37.5 Å². The van der Waals surface area contributed by atoms with Crippen molar-refractivity contribution in [2.45, 2.75) is 26.3 Å². The van der Waals surface area contributed by atoms with E-state index in [1.807, 2.05) is 25.3 Å². The molecule has 1 aromatic rings. The Kier molecular flexibility index (Phi) is 10.7. The monoisotopic (exact) mass is 403 g/mol. The smallest absolute Gasteiger partial charge is 0.193 e. The van der Waals surface area contributed by atoms with Crippen molar-refractivity contribution < 1.29 is 5.11 Å². The van der Waals surface area contributed by atoms with Crippen LogP contribution in [0.2, 0.25) is 0 Å². The zero-order valence-electron chi connectivity index (χ0n) is 12.9. The van der Waals surface area contributed by atoms with Gasteiger partial charge in [-0.1, -0.05) is 18.2 Å². The second-order valence-electron chi connectivity index (χ2n) is 4.69. The molecule has 0 atom stereocenters. The van der Waals surface area contributed by atoms with Gasteiger partial charge in [-0.2, -0.15) is 0 Å². The Hall–Kier alpha value is -1.24. The van der Waals surface area contributed by atoms with Crippen LogP contribution in [-0.4, -0.2) is 36.1 Å². The SMILES string of the molecule is C=CCCCN(C)C(=NCc1cccc(O)c1)NCC.I. The van der Waals surface area contributed by atoms with Crippen LogP contribution in [0.15, 0.2) is 41.9 Å². The number of phenolic OH excluding ortho intramolecular Hbond substituents is 1. The third-order valence-electron chi connectivity index (χ3n) is 2.92. The summed E-state index contributed by atoms with van der Waals surface area (Å²) in [6.45, 7) is 8.13. The van der Waals surface area contributed by atoms with Crippen LogP contribution in [0.5, 0.6) is 5.75 Å². The molecule has 1 rings (SSSR count). The molecule has 5 heteroatoms. The number of rotatable bonds is 7. The minimum atomic E-state index is 0. The van der Waals surface area contributed by atoms with Crippen molar-refractivity contribution in [1.82, 2.24) is 10.2 Å². The van der Waals surface area contributed by atoms with E-state index in [-0.39, 0.29) is 29.7 Å². The van der Waals surface area contributed by atoms with Crippen LogP contribution in [0.3, 0.4) is 0 Å². The fourth-order valence-corrected chi connectivity index (χ4v) is 1.87. The first-order valence-electron chi connectivity index (χ1n) is 7.05. The van der Waals surface area contributed by atoms with E-state index in [1.54, 1.807) is 12.1 Å². The zero-order chi connectivity index (χ0) is 14.8. The molecule has 2 N–H and O–H groups in total. The van der Waals surface area contributed by atoms with Crippen LogP contribution < -0.4 is 5.32 Å². The van der Waals surface area contributed by atoms with E-state index in [2.05, 4.69) is 28.7 Å². The molecular formula is C16H26IN3O. The molecule has 0 saturated heterocycles. The van der Waals surface area contributed by atoms with Gasteiger partial charge in [-0.25, -0.2) is 4.99 Å². The van der Waals surface area contributed by atoms with Gasteiger partial charge in [0, 0.05) is 20.1 Å². The first-order valence-corrected chi connectivity index (χ1v) is 7.05. The number of hydrogen-bond donors (Lipinski definition) is 2. The summed E-state index contributed by atoms with van der Waals surface area (Å²) in [5.74, 6) is 1.17. The van der Waals surface area contributed by atoms with Crippen molar-refractivity contribution in [2.75, 3.05) is 20.1 Å². The number of unbranched alkanes of at least 4 members (excludes halogenated alkanes) is 1. The molecule has 0 unspecified atom stereocenters. The Labute approximate surface area is 145 Å². The molecule has 0 fully saturated rings. The molecule has 0 bridgehead atoms. The highest BCUT2D eigenvalue weighted by molar-refractivity contribution is 14.0. The normalized spacial score (nSPS) is 10.7. The lowest BCUT2D eigenvalue weighted by Crippen LogP contribution is -2.39. The summed E-state index contributed by atoms with van der Waals surface area (Å²) < 4.78 is 0. The highest BCUT2D eigenvalue weighted by Crippen LogP contribution is 2.11. The molecule has 0 aliphatic rings. The highest BCUT2D eigenvalue weighted by Gasteiger charge is 2.04. The van der Waals surface area contributed by atoms with Crippen LogP contribution in [0.1, 0.15) is 25.3 Å². The van der Waals surface area contributed by atoms with Crippen LogP contribution in [0.25, 0.3) is 0 Å². The number of halogens is 1. The molecule has 0 spiro atoms. The van der Waals surface area contributed by atoms with E-state index in [0.29, 0.717) is 6.54 Å². The standard InChI is InChI=1S/C16H25N3O.HI/c1-4-6-7-11-19(3)16(17-5-2)18-13-14-9-8-10-15(20)12-14;/h4,8-10,12,20H,1,5-7,11,13H2,2-3H3,(H,17,18);1H. The summed E-state index contributed by atoms with van der Waals surface area (Å²) >= 11 is 0. The Morgan fingerprint density at radius 2 is 2.24 bits per heavy atom. The zero-order valence-corrected chi connectivity index (χ0v) is 15.2. The number of nitrogens with one attached hydrogen (secondary N) is 1. The van der Waals surface area contributed by atoms with Crippen LogP contribution >= 0.6 is 24.0 Å². The first kappa shape index (κ1) is 19.8. The van der Waals surface area contributed by atoms with E-state index in [4.69, 9.17) is 0 Å². The fraction of sp³-hybridized carbons (Fsp3) is 0.438. The summed E-state index contributed by atoms with van der Waals surface area (Å²) in [4.78, 5) is 6.72. The molecule has 0 aliphatic carbocycles. The Morgan fingerprint density at radius 3 is 2.86 bits per heavy atom. The van der Waals surface area contributed by atoms with E-state index < -0.39 is 0 Å². The predicted molar refractivity (Wildman–Crippen MR) is 100 cm³/mol. The van der Waals surface area contributed by atoms with Crippen molar-refractivity contribution in [3.8, 4) is 5.75 Å². The van der Waals surface area contributed by atoms with Gasteiger partial charge in [0.2, 0.25) is 0 Å². The Bertz CT molecular complexity index is 449. The van der Waals surface area contributed by atoms with Gasteiger partial charge < -0.3 is 15.3 Å². The number of phenols is 1. The van der Waals surface area contributed by atoms with Gasteiger partial charge in [0.1, 0.15) is 5.75 Å². The number of nitrogens with zero attached hydrogens (tertiary/aromatic N) is 2. The van der Waals surface area contributed by atoms with Gasteiger partial charge in [0.25, 0.3) is 0 Å². The first-order chi connectivity index (χ1) is 9.67. The van der Waals surface area contributed by atoms with Gasteiger partial charge in [-0.15, -0.1) is 30.6 Å². The van der Waals surface area contributed by atoms with E-state index in [0.717, 1.165) is 37.5 Å². The second-order valence-corrected chi connectivity index (χ2v) is 4.69. The lowest BCUT2D eigenvalue weighted by atomic mass is 10.2. The molecule has 0 heterocycles. The maximum absolute atomic E-state index is 9.45. The van der Waals surface area contributed by atoms with E-state index in [9.17, 15) is 5.11 Å². The summed E-state index contributed by atoms with van der Waals surface area (Å²) in [6, 6.07) is 7.20. The molecule has 118 valence electrons. The highest BCUT2D eigenvalue weighted by atomic mass is 127. The molecular weight excluding hydrogens is 377 g/mol. The fourth-order valence-electron chi connectivity index (χ4n) is 1.87. The molecule has 0 aliphatic heterocycles. The number of allylic oxidation sites excluding steroid dienone is 1. The van der Waals surface area contributed by atoms with Crippen molar-refractivity contribution in [1.29, 1.82) is 0 Å². The van der Waals surface area contributed by atoms with E-state index in [1.165, 1.54) is 0 Å². The minimum Gasteiger partial charge on any atom is -0.508 e. The average molecular weight is 403 g/mol. The van der Waals surface area contributed by atoms with Crippen molar-refractivity contribution in [3.05, 3.63) is 42.5 Å². The minimum absolute atomic E-state index is 0. The van der Waals surface area contributed by atoms with Crippen LogP contribution in [0.4, 0.5) is 0 Å². The van der Waals surface area contributed by atoms with Gasteiger partial charge in [0.15, 0.2) is 5.96 Å². The molecule has 0 radical (unpaired) electrons. The van der Waals surface area contributed by atoms with Gasteiger partial charge >= 0.3 is 0 Å². The van der Waals surface area contributed by atoms with Crippen molar-refractivity contribution in [2.24, 2.45) is 4.99 Å². The predicted octanol–water partition coefficient (Wildman–Crippen LogP) is 3.37. The summed E-state index contributed by atoms with van der Waals surface area (Å²) in [5.41, 5.74) is 1.000. The number of guanidine groups is 1. The third kappa shape index (κ3) is 7.94. The lowest BCUT2D eigenvalue weighted by molar-refractivity contribution is 0.469. The average Bonchev–Trinajstić information content (AvgIpc) is 2.43. The number of aliphatic imine (C=N–C) groups is 1. The maximum atomic E-state index is 9.45. The molecule has 0 saturated carbocycles. The van der Waals surface area contributed by atoms with Crippen LogP contribution in [0, 0.1) is 0 Å². The Balaban J connectivity index is 0.00000400. The molecule has 4 nitrogen and oxygen atoms in total. The lowest BCUT2D eigenvalue weighted by Gasteiger charge is -2.21. The van der Waals surface area contributed by atoms with E-state index >= 15 is 0 Å². The summed E-state index contributed by atoms with van der Waals surface area (Å²) in [5, 5.41) is 12.7.